The topological polar surface area (TPSA) is 74.7 Å². The molecule has 31 heavy (non-hydrogen) atoms. The monoisotopic (exact) mass is 438 g/mol. The van der Waals surface area contributed by atoms with Gasteiger partial charge in [0.1, 0.15) is 6.04 Å². The zero-order chi connectivity index (χ0) is 21.6. The number of unbranched alkanes of at least 4 members (excludes halogenated alkanes) is 1. The van der Waals surface area contributed by atoms with Gasteiger partial charge in [-0.3, -0.25) is 19.6 Å². The lowest BCUT2D eigenvalue weighted by molar-refractivity contribution is -0.121. The van der Waals surface area contributed by atoms with Gasteiger partial charge in [0.2, 0.25) is 5.91 Å². The van der Waals surface area contributed by atoms with Gasteiger partial charge in [-0.05, 0) is 49.5 Å². The number of carbonyl (C=O) groups is 2. The molecule has 1 aromatic heterocycles. The second-order valence-electron chi connectivity index (χ2n) is 8.18. The van der Waals surface area contributed by atoms with Crippen LogP contribution in [-0.2, 0) is 4.79 Å². The van der Waals surface area contributed by atoms with Gasteiger partial charge in [0.25, 0.3) is 5.91 Å². The van der Waals surface area contributed by atoms with E-state index in [1.165, 1.54) is 0 Å². The molecule has 1 aromatic carbocycles. The molecule has 2 aromatic rings. The van der Waals surface area contributed by atoms with E-state index in [1.54, 1.807) is 24.5 Å². The number of nitrogens with one attached hydrogen (secondary N) is 1. The fourth-order valence-electron chi connectivity index (χ4n) is 4.24. The molecular formula is C24H27ClN4O2. The number of piperidine rings is 1. The van der Waals surface area contributed by atoms with Gasteiger partial charge >= 0.3 is 0 Å². The number of carbonyl (C=O) groups excluding carboxylic acids is 2. The molecule has 1 atom stereocenters. The lowest BCUT2D eigenvalue weighted by atomic mass is 9.91. The zero-order valence-corrected chi connectivity index (χ0v) is 18.2. The van der Waals surface area contributed by atoms with Crippen LogP contribution < -0.4 is 15.9 Å². The second-order valence-corrected chi connectivity index (χ2v) is 8.58. The molecule has 7 heteroatoms. The Morgan fingerprint density at radius 2 is 1.94 bits per heavy atom. The van der Waals surface area contributed by atoms with Crippen molar-refractivity contribution in [3.63, 3.8) is 0 Å². The first-order valence-electron chi connectivity index (χ1n) is 10.9. The number of halogens is 1. The summed E-state index contributed by atoms with van der Waals surface area (Å²) in [5.41, 5.74) is 0.587. The molecule has 1 fully saturated rings. The highest BCUT2D eigenvalue weighted by atomic mass is 35.5. The molecule has 2 aliphatic rings. The molecule has 0 spiro atoms. The van der Waals surface area contributed by atoms with Crippen molar-refractivity contribution in [3.8, 4) is 0 Å². The molecule has 4 rings (SSSR count). The summed E-state index contributed by atoms with van der Waals surface area (Å²) in [4.78, 5) is 35.4. The van der Waals surface area contributed by atoms with Gasteiger partial charge in [-0.15, -0.1) is 0 Å². The fraction of sp³-hybridized carbons (Fsp3) is 0.417. The quantitative estimate of drug-likeness (QED) is 0.674. The lowest BCUT2D eigenvalue weighted by Gasteiger charge is -2.32. The van der Waals surface area contributed by atoms with E-state index < -0.39 is 6.04 Å². The highest BCUT2D eigenvalue weighted by Gasteiger charge is 2.24. The summed E-state index contributed by atoms with van der Waals surface area (Å²) >= 11 is 6.16. The number of rotatable bonds is 7. The van der Waals surface area contributed by atoms with E-state index in [1.807, 2.05) is 29.2 Å². The standard InChI is InChI=1S/C24H27ClN4O2/c25-20-7-2-1-6-19(20)24(31)29-13-9-17(10-14-29)5-3-4-11-27-23(30)22-15-18-16-26-12-8-21(18)28-22/h1-2,6-8,12,15-17,22H,3-5,9-11,13-14H2,(H,27,30). The van der Waals surface area contributed by atoms with Crippen LogP contribution in [0.25, 0.3) is 6.08 Å². The molecule has 6 nitrogen and oxygen atoms in total. The van der Waals surface area contributed by atoms with Crippen molar-refractivity contribution in [2.24, 2.45) is 10.9 Å². The molecule has 2 aliphatic heterocycles. The molecule has 0 radical (unpaired) electrons. The van der Waals surface area contributed by atoms with Gasteiger partial charge in [0.05, 0.1) is 15.9 Å². The average Bonchev–Trinajstić information content (AvgIpc) is 3.23. The summed E-state index contributed by atoms with van der Waals surface area (Å²) in [6.45, 7) is 2.22. The van der Waals surface area contributed by atoms with Crippen LogP contribution in [0.2, 0.25) is 5.02 Å². The molecule has 1 saturated heterocycles. The van der Waals surface area contributed by atoms with Crippen LogP contribution in [0.1, 0.15) is 42.5 Å². The number of benzene rings is 1. The van der Waals surface area contributed by atoms with Crippen molar-refractivity contribution in [2.45, 2.75) is 38.1 Å². The van der Waals surface area contributed by atoms with E-state index in [2.05, 4.69) is 15.3 Å². The maximum Gasteiger partial charge on any atom is 0.255 e. The Kier molecular flexibility index (Phi) is 6.97. The van der Waals surface area contributed by atoms with Gasteiger partial charge in [-0.25, -0.2) is 0 Å². The number of nitrogens with zero attached hydrogens (tertiary/aromatic N) is 3. The van der Waals surface area contributed by atoms with Crippen molar-refractivity contribution in [2.75, 3.05) is 19.6 Å². The molecular weight excluding hydrogens is 412 g/mol. The molecule has 3 heterocycles. The maximum absolute atomic E-state index is 12.7. The highest BCUT2D eigenvalue weighted by Crippen LogP contribution is 2.25. The Labute approximate surface area is 187 Å². The minimum Gasteiger partial charge on any atom is -0.354 e. The van der Waals surface area contributed by atoms with Gasteiger partial charge in [0.15, 0.2) is 0 Å². The van der Waals surface area contributed by atoms with Crippen LogP contribution in [0, 0.1) is 5.92 Å². The first-order valence-corrected chi connectivity index (χ1v) is 11.3. The first-order chi connectivity index (χ1) is 15.1. The third-order valence-electron chi connectivity index (χ3n) is 6.06. The largest absolute Gasteiger partial charge is 0.354 e. The number of likely N-dealkylation sites (tertiary alicyclic amines) is 1. The van der Waals surface area contributed by atoms with Crippen LogP contribution >= 0.6 is 11.6 Å². The predicted octanol–water partition coefficient (Wildman–Crippen LogP) is 2.36. The Morgan fingerprint density at radius 3 is 2.71 bits per heavy atom. The Bertz CT molecular complexity index is 1030. The number of amides is 2. The van der Waals surface area contributed by atoms with Crippen molar-refractivity contribution in [1.82, 2.24) is 15.2 Å². The fourth-order valence-corrected chi connectivity index (χ4v) is 4.46. The Hall–Kier alpha value is -2.73. The summed E-state index contributed by atoms with van der Waals surface area (Å²) in [6, 6.07) is 8.61. The Balaban J connectivity index is 1.13. The number of hydrogen-bond acceptors (Lipinski definition) is 4. The predicted molar refractivity (Wildman–Crippen MR) is 120 cm³/mol. The third kappa shape index (κ3) is 5.31. The highest BCUT2D eigenvalue weighted by molar-refractivity contribution is 6.33. The van der Waals surface area contributed by atoms with E-state index in [4.69, 9.17) is 11.6 Å². The summed E-state index contributed by atoms with van der Waals surface area (Å²) < 4.78 is 0. The van der Waals surface area contributed by atoms with Crippen molar-refractivity contribution in [1.29, 1.82) is 0 Å². The van der Waals surface area contributed by atoms with Gasteiger partial charge in [0, 0.05) is 37.2 Å². The number of fused-ring (bicyclic) bond motifs is 1. The molecule has 0 saturated carbocycles. The van der Waals surface area contributed by atoms with Gasteiger partial charge in [-0.1, -0.05) is 36.6 Å². The minimum atomic E-state index is -0.445. The molecule has 1 unspecified atom stereocenters. The zero-order valence-electron chi connectivity index (χ0n) is 17.5. The van der Waals surface area contributed by atoms with E-state index in [-0.39, 0.29) is 11.8 Å². The molecule has 1 N–H and O–H groups in total. The van der Waals surface area contributed by atoms with Crippen LogP contribution in [-0.4, -0.2) is 47.4 Å². The van der Waals surface area contributed by atoms with Crippen molar-refractivity contribution < 1.29 is 9.59 Å². The van der Waals surface area contributed by atoms with Crippen molar-refractivity contribution >= 4 is 29.5 Å². The summed E-state index contributed by atoms with van der Waals surface area (Å²) in [7, 11) is 0. The molecule has 0 bridgehead atoms. The SMILES string of the molecule is O=C(NCCCCC1CCN(C(=O)c2ccccc2Cl)CC1)C1C=c2cnccc2=N1. The van der Waals surface area contributed by atoms with Crippen LogP contribution in [0.4, 0.5) is 0 Å². The molecule has 2 amide bonds. The summed E-state index contributed by atoms with van der Waals surface area (Å²) in [6.07, 6.45) is 10.5. The maximum atomic E-state index is 12.7. The smallest absolute Gasteiger partial charge is 0.255 e. The number of hydrogen-bond donors (Lipinski definition) is 1. The summed E-state index contributed by atoms with van der Waals surface area (Å²) in [5, 5.41) is 5.25. The first kappa shape index (κ1) is 21.5. The van der Waals surface area contributed by atoms with E-state index in [9.17, 15) is 9.59 Å². The van der Waals surface area contributed by atoms with Crippen LogP contribution in [0.3, 0.4) is 0 Å². The summed E-state index contributed by atoms with van der Waals surface area (Å²) in [5.74, 6) is 0.604. The van der Waals surface area contributed by atoms with Crippen LogP contribution in [0.5, 0.6) is 0 Å². The minimum absolute atomic E-state index is 0.0267. The Morgan fingerprint density at radius 1 is 1.13 bits per heavy atom. The number of pyridine rings is 1. The lowest BCUT2D eigenvalue weighted by Crippen LogP contribution is -2.38. The van der Waals surface area contributed by atoms with E-state index in [0.717, 1.165) is 55.8 Å². The molecule has 162 valence electrons. The van der Waals surface area contributed by atoms with Gasteiger partial charge < -0.3 is 10.2 Å². The van der Waals surface area contributed by atoms with Crippen molar-refractivity contribution in [3.05, 3.63) is 63.9 Å². The van der Waals surface area contributed by atoms with E-state index in [0.29, 0.717) is 23.0 Å². The van der Waals surface area contributed by atoms with Crippen LogP contribution in [0.15, 0.2) is 47.7 Å². The normalized spacial score (nSPS) is 18.1. The second kappa shape index (κ2) is 10.1. The molecule has 0 aliphatic carbocycles. The number of aromatic nitrogens is 1. The van der Waals surface area contributed by atoms with E-state index >= 15 is 0 Å². The third-order valence-corrected chi connectivity index (χ3v) is 6.39. The van der Waals surface area contributed by atoms with Gasteiger partial charge in [-0.2, -0.15) is 0 Å². The average molecular weight is 439 g/mol.